The number of methoxy groups -OCH3 is 1. The van der Waals surface area contributed by atoms with Crippen LogP contribution in [-0.2, 0) is 28.6 Å². The molecular formula is C21H23NO10. The molecule has 0 aromatic heterocycles. The Hall–Kier alpha value is -3.60. The second kappa shape index (κ2) is 10.1. The maximum Gasteiger partial charge on any atom is 0.510 e. The minimum atomic E-state index is -1.45. The van der Waals surface area contributed by atoms with Gasteiger partial charge in [0.15, 0.2) is 12.2 Å². The molecule has 0 amide bonds. The van der Waals surface area contributed by atoms with Gasteiger partial charge in [-0.05, 0) is 42.3 Å². The first-order valence-electron chi connectivity index (χ1n) is 9.81. The Morgan fingerprint density at radius 3 is 2.41 bits per heavy atom. The zero-order valence-electron chi connectivity index (χ0n) is 17.7. The Morgan fingerprint density at radius 2 is 1.72 bits per heavy atom. The molecule has 11 nitrogen and oxygen atoms in total. The Kier molecular flexibility index (Phi) is 7.31. The highest BCUT2D eigenvalue weighted by Crippen LogP contribution is 2.27. The van der Waals surface area contributed by atoms with Crippen LogP contribution in [0.1, 0.15) is 25.3 Å². The summed E-state index contributed by atoms with van der Waals surface area (Å²) in [5.74, 6) is -0.355. The van der Waals surface area contributed by atoms with Crippen molar-refractivity contribution in [3.63, 3.8) is 0 Å². The fourth-order valence-electron chi connectivity index (χ4n) is 3.19. The Morgan fingerprint density at radius 1 is 1.06 bits per heavy atom. The summed E-state index contributed by atoms with van der Waals surface area (Å²) in [5, 5.41) is 11.1. The van der Waals surface area contributed by atoms with Crippen LogP contribution in [0.4, 0.5) is 4.79 Å². The van der Waals surface area contributed by atoms with Crippen molar-refractivity contribution in [2.24, 2.45) is 0 Å². The molecule has 2 aromatic carbocycles. The van der Waals surface area contributed by atoms with E-state index in [2.05, 4.69) is 9.57 Å². The molecule has 0 bridgehead atoms. The van der Waals surface area contributed by atoms with Crippen LogP contribution in [0.5, 0.6) is 5.75 Å². The van der Waals surface area contributed by atoms with E-state index in [0.717, 1.165) is 29.0 Å². The van der Waals surface area contributed by atoms with E-state index in [1.807, 2.05) is 36.4 Å². The molecule has 0 aliphatic carbocycles. The first-order chi connectivity index (χ1) is 15.3. The van der Waals surface area contributed by atoms with Gasteiger partial charge in [-0.25, -0.2) is 4.79 Å². The number of fused-ring (bicyclic) bond motifs is 1. The van der Waals surface area contributed by atoms with Crippen molar-refractivity contribution in [3.8, 4) is 5.75 Å². The summed E-state index contributed by atoms with van der Waals surface area (Å²) in [6.07, 6.45) is -4.40. The predicted octanol–water partition coefficient (Wildman–Crippen LogP) is 2.97. The molecule has 4 unspecified atom stereocenters. The molecular weight excluding hydrogens is 426 g/mol. The average molecular weight is 449 g/mol. The van der Waals surface area contributed by atoms with Crippen LogP contribution in [0.25, 0.3) is 10.8 Å². The summed E-state index contributed by atoms with van der Waals surface area (Å²) < 4.78 is 25.7. The molecule has 1 fully saturated rings. The molecule has 2 aromatic rings. The molecule has 1 aliphatic heterocycles. The molecule has 1 heterocycles. The molecule has 0 N–H and O–H groups in total. The van der Waals surface area contributed by atoms with E-state index in [0.29, 0.717) is 0 Å². The number of esters is 1. The highest BCUT2D eigenvalue weighted by atomic mass is 17.0. The Balaban J connectivity index is 1.59. The average Bonchev–Trinajstić information content (AvgIpc) is 3.17. The van der Waals surface area contributed by atoms with Gasteiger partial charge < -0.3 is 23.7 Å². The van der Waals surface area contributed by atoms with Crippen molar-refractivity contribution in [2.45, 2.75) is 38.3 Å². The van der Waals surface area contributed by atoms with Crippen molar-refractivity contribution < 1.29 is 43.2 Å². The van der Waals surface area contributed by atoms with Crippen LogP contribution in [-0.4, -0.2) is 56.0 Å². The number of rotatable bonds is 8. The van der Waals surface area contributed by atoms with Crippen LogP contribution >= 0.6 is 0 Å². The summed E-state index contributed by atoms with van der Waals surface area (Å²) in [6, 6.07) is 11.3. The lowest BCUT2D eigenvalue weighted by molar-refractivity contribution is -0.777. The first kappa shape index (κ1) is 23.1. The molecule has 4 atom stereocenters. The Bertz CT molecular complexity index is 994. The molecule has 0 radical (unpaired) electrons. The van der Waals surface area contributed by atoms with Crippen LogP contribution in [0.15, 0.2) is 36.4 Å². The van der Waals surface area contributed by atoms with Crippen molar-refractivity contribution in [1.29, 1.82) is 0 Å². The summed E-state index contributed by atoms with van der Waals surface area (Å²) in [4.78, 5) is 38.8. The monoisotopic (exact) mass is 449 g/mol. The van der Waals surface area contributed by atoms with Gasteiger partial charge in [0.25, 0.3) is 5.09 Å². The van der Waals surface area contributed by atoms with E-state index in [1.54, 1.807) is 14.0 Å². The van der Waals surface area contributed by atoms with E-state index >= 15 is 0 Å². The number of nitrogens with zero attached hydrogens (tertiary/aromatic N) is 1. The fourth-order valence-corrected chi connectivity index (χ4v) is 3.19. The predicted molar refractivity (Wildman–Crippen MR) is 109 cm³/mol. The topological polar surface area (TPSA) is 133 Å². The van der Waals surface area contributed by atoms with Gasteiger partial charge >= 0.3 is 12.1 Å². The van der Waals surface area contributed by atoms with E-state index in [9.17, 15) is 19.7 Å². The van der Waals surface area contributed by atoms with E-state index in [4.69, 9.17) is 18.9 Å². The molecule has 0 spiro atoms. The van der Waals surface area contributed by atoms with Gasteiger partial charge in [-0.2, -0.15) is 0 Å². The van der Waals surface area contributed by atoms with Gasteiger partial charge in [-0.3, -0.25) is 9.63 Å². The molecule has 1 aliphatic rings. The van der Waals surface area contributed by atoms with Crippen LogP contribution < -0.4 is 4.74 Å². The van der Waals surface area contributed by atoms with Crippen LogP contribution in [0, 0.1) is 10.1 Å². The number of hydrogen-bond acceptors (Lipinski definition) is 10. The van der Waals surface area contributed by atoms with E-state index < -0.39 is 41.6 Å². The standard InChI is InChI=1S/C21H23NO10/c1-12(14-4-5-16-9-17(27-3)7-6-15(16)8-14)20(23)30-18-10-28-11-19(18)31-21(24)29-13(2)32-22(25)26/h4-9,12-13,18-19H,10-11H2,1-3H3. The van der Waals surface area contributed by atoms with Crippen molar-refractivity contribution in [3.05, 3.63) is 52.1 Å². The molecule has 11 heteroatoms. The van der Waals surface area contributed by atoms with Gasteiger partial charge in [0.2, 0.25) is 6.29 Å². The number of benzene rings is 2. The highest BCUT2D eigenvalue weighted by molar-refractivity contribution is 5.86. The van der Waals surface area contributed by atoms with Crippen molar-refractivity contribution >= 4 is 22.9 Å². The minimum Gasteiger partial charge on any atom is -0.497 e. The van der Waals surface area contributed by atoms with Crippen molar-refractivity contribution in [1.82, 2.24) is 0 Å². The quantitative estimate of drug-likeness (QED) is 0.256. The first-order valence-corrected chi connectivity index (χ1v) is 9.81. The zero-order valence-corrected chi connectivity index (χ0v) is 17.7. The lowest BCUT2D eigenvalue weighted by atomic mass is 9.97. The second-order valence-corrected chi connectivity index (χ2v) is 7.13. The third-order valence-electron chi connectivity index (χ3n) is 4.92. The Labute approximate surface area is 183 Å². The highest BCUT2D eigenvalue weighted by Gasteiger charge is 2.36. The number of carbonyl (C=O) groups excluding carboxylic acids is 2. The van der Waals surface area contributed by atoms with E-state index in [-0.39, 0.29) is 13.2 Å². The molecule has 172 valence electrons. The number of ether oxygens (including phenoxy) is 5. The van der Waals surface area contributed by atoms with Gasteiger partial charge in [0, 0.05) is 0 Å². The van der Waals surface area contributed by atoms with Crippen LogP contribution in [0.3, 0.4) is 0 Å². The van der Waals surface area contributed by atoms with Gasteiger partial charge in [-0.15, -0.1) is 10.1 Å². The SMILES string of the molecule is COc1ccc2cc(C(C)C(=O)OC3COCC3OC(=O)OC(C)O[N+](=O)[O-])ccc2c1. The smallest absolute Gasteiger partial charge is 0.497 e. The summed E-state index contributed by atoms with van der Waals surface area (Å²) in [6.45, 7) is 2.90. The van der Waals surface area contributed by atoms with Gasteiger partial charge in [0.1, 0.15) is 5.75 Å². The maximum absolute atomic E-state index is 12.7. The fraction of sp³-hybridized carbons (Fsp3) is 0.429. The molecule has 32 heavy (non-hydrogen) atoms. The normalized spacial score (nSPS) is 19.6. The maximum atomic E-state index is 12.7. The number of carbonyl (C=O) groups is 2. The third kappa shape index (κ3) is 5.76. The lowest BCUT2D eigenvalue weighted by Gasteiger charge is -2.21. The molecule has 0 saturated carbocycles. The zero-order chi connectivity index (χ0) is 23.3. The minimum absolute atomic E-state index is 0.0102. The molecule has 1 saturated heterocycles. The summed E-state index contributed by atoms with van der Waals surface area (Å²) >= 11 is 0. The second-order valence-electron chi connectivity index (χ2n) is 7.13. The van der Waals surface area contributed by atoms with Gasteiger partial charge in [0.05, 0.1) is 26.2 Å². The van der Waals surface area contributed by atoms with Crippen LogP contribution in [0.2, 0.25) is 0 Å². The lowest BCUT2D eigenvalue weighted by Crippen LogP contribution is -2.36. The number of hydrogen-bond donors (Lipinski definition) is 0. The third-order valence-corrected chi connectivity index (χ3v) is 4.92. The van der Waals surface area contributed by atoms with Gasteiger partial charge in [-0.1, -0.05) is 24.3 Å². The summed E-state index contributed by atoms with van der Waals surface area (Å²) in [5.41, 5.74) is 0.759. The summed E-state index contributed by atoms with van der Waals surface area (Å²) in [7, 11) is 1.60. The van der Waals surface area contributed by atoms with E-state index in [1.165, 1.54) is 0 Å². The van der Waals surface area contributed by atoms with Crippen molar-refractivity contribution in [2.75, 3.05) is 20.3 Å². The molecule has 3 rings (SSSR count). The largest absolute Gasteiger partial charge is 0.510 e.